The lowest BCUT2D eigenvalue weighted by molar-refractivity contribution is -0.114. The molecule has 2 atom stereocenters. The number of nitrogens with zero attached hydrogens (tertiary/aromatic N) is 2. The predicted molar refractivity (Wildman–Crippen MR) is 149 cm³/mol. The summed E-state index contributed by atoms with van der Waals surface area (Å²) < 4.78 is 1.41. The summed E-state index contributed by atoms with van der Waals surface area (Å²) in [4.78, 5) is 24.6. The van der Waals surface area contributed by atoms with E-state index in [9.17, 15) is 9.59 Å². The molecule has 6 nitrogen and oxygen atoms in total. The maximum atomic E-state index is 12.3. The molecule has 0 radical (unpaired) electrons. The van der Waals surface area contributed by atoms with Crippen molar-refractivity contribution >= 4 is 58.0 Å². The molecule has 2 aromatic carbocycles. The molecule has 0 aliphatic rings. The van der Waals surface area contributed by atoms with Crippen LogP contribution in [0.2, 0.25) is 0 Å². The Morgan fingerprint density at radius 2 is 1.11 bits per heavy atom. The molecule has 1 aromatic heterocycles. The van der Waals surface area contributed by atoms with Gasteiger partial charge in [0.15, 0.2) is 8.68 Å². The molecule has 0 spiro atoms. The second-order valence-electron chi connectivity index (χ2n) is 8.37. The molecule has 0 bridgehead atoms. The summed E-state index contributed by atoms with van der Waals surface area (Å²) in [6.45, 7) is 8.71. The fraction of sp³-hybridized carbons (Fsp3) is 0.385. The normalized spacial score (nSPS) is 12.7. The first-order valence-corrected chi connectivity index (χ1v) is 14.5. The van der Waals surface area contributed by atoms with Crippen molar-refractivity contribution < 1.29 is 9.59 Å². The first-order chi connectivity index (χ1) is 16.9. The first kappa shape index (κ1) is 27.2. The van der Waals surface area contributed by atoms with E-state index in [0.29, 0.717) is 20.5 Å². The van der Waals surface area contributed by atoms with Crippen LogP contribution in [-0.4, -0.2) is 33.5 Å². The van der Waals surface area contributed by atoms with Crippen molar-refractivity contribution in [1.29, 1.82) is 0 Å². The molecule has 0 saturated carbocycles. The highest BCUT2D eigenvalue weighted by Crippen LogP contribution is 2.29. The van der Waals surface area contributed by atoms with Crippen LogP contribution < -0.4 is 10.6 Å². The molecule has 1 heterocycles. The molecular weight excluding hydrogens is 497 g/mol. The zero-order chi connectivity index (χ0) is 25.2. The molecule has 2 N–H and O–H groups in total. The van der Waals surface area contributed by atoms with Gasteiger partial charge in [0.05, 0.1) is 11.5 Å². The van der Waals surface area contributed by atoms with Crippen LogP contribution in [0.25, 0.3) is 0 Å². The monoisotopic (exact) mass is 528 g/mol. The number of hydrogen-bond acceptors (Lipinski definition) is 7. The number of amides is 2. The van der Waals surface area contributed by atoms with Gasteiger partial charge in [-0.1, -0.05) is 86.8 Å². The van der Waals surface area contributed by atoms with E-state index in [0.717, 1.165) is 24.2 Å². The minimum Gasteiger partial charge on any atom is -0.325 e. The van der Waals surface area contributed by atoms with Crippen LogP contribution in [0, 0.1) is 0 Å². The van der Waals surface area contributed by atoms with E-state index in [-0.39, 0.29) is 23.3 Å². The topological polar surface area (TPSA) is 84.0 Å². The van der Waals surface area contributed by atoms with Gasteiger partial charge in [-0.3, -0.25) is 9.59 Å². The lowest BCUT2D eigenvalue weighted by Crippen LogP contribution is -2.14. The maximum Gasteiger partial charge on any atom is 0.234 e. The fourth-order valence-electron chi connectivity index (χ4n) is 3.22. The Balaban J connectivity index is 1.39. The SMILES string of the molecule is CC[C@@H](C)c1ccc(NC(=O)CSc2nnc(SCC(=O)Nc3ccc([C@H](C)CC)cc3)s2)cc1. The second kappa shape index (κ2) is 13.7. The van der Waals surface area contributed by atoms with Crippen LogP contribution in [0.5, 0.6) is 0 Å². The Hall–Kier alpha value is -2.36. The summed E-state index contributed by atoms with van der Waals surface area (Å²) in [5.41, 5.74) is 4.12. The largest absolute Gasteiger partial charge is 0.325 e. The van der Waals surface area contributed by atoms with E-state index in [1.54, 1.807) is 0 Å². The minimum absolute atomic E-state index is 0.0885. The van der Waals surface area contributed by atoms with E-state index in [1.165, 1.54) is 46.0 Å². The van der Waals surface area contributed by atoms with Crippen molar-refractivity contribution in [1.82, 2.24) is 10.2 Å². The lowest BCUT2D eigenvalue weighted by Gasteiger charge is -2.10. The summed E-state index contributed by atoms with van der Waals surface area (Å²) in [5.74, 6) is 1.33. The van der Waals surface area contributed by atoms with Gasteiger partial charge in [-0.15, -0.1) is 10.2 Å². The zero-order valence-corrected chi connectivity index (χ0v) is 23.0. The molecule has 0 saturated heterocycles. The molecule has 35 heavy (non-hydrogen) atoms. The fourth-order valence-corrected chi connectivity index (χ4v) is 5.84. The van der Waals surface area contributed by atoms with Crippen molar-refractivity contribution in [2.75, 3.05) is 22.1 Å². The number of thioether (sulfide) groups is 2. The highest BCUT2D eigenvalue weighted by Gasteiger charge is 2.12. The third kappa shape index (κ3) is 8.66. The van der Waals surface area contributed by atoms with E-state index in [1.807, 2.05) is 24.3 Å². The smallest absolute Gasteiger partial charge is 0.234 e. The van der Waals surface area contributed by atoms with Gasteiger partial charge in [0.2, 0.25) is 11.8 Å². The van der Waals surface area contributed by atoms with Crippen molar-refractivity contribution in [2.24, 2.45) is 0 Å². The van der Waals surface area contributed by atoms with Crippen molar-refractivity contribution in [2.45, 2.75) is 61.1 Å². The summed E-state index contributed by atoms with van der Waals surface area (Å²) in [7, 11) is 0. The molecule has 0 aliphatic heterocycles. The van der Waals surface area contributed by atoms with Gasteiger partial charge in [0, 0.05) is 11.4 Å². The van der Waals surface area contributed by atoms with Gasteiger partial charge in [-0.25, -0.2) is 0 Å². The molecule has 3 rings (SSSR count). The number of benzene rings is 2. The maximum absolute atomic E-state index is 12.3. The number of rotatable bonds is 12. The Bertz CT molecular complexity index is 1010. The molecule has 0 fully saturated rings. The summed E-state index contributed by atoms with van der Waals surface area (Å²) in [5, 5.41) is 14.1. The third-order valence-corrected chi connectivity index (χ3v) is 8.98. The number of carbonyl (C=O) groups is 2. The minimum atomic E-state index is -0.0885. The summed E-state index contributed by atoms with van der Waals surface area (Å²) in [6, 6.07) is 16.0. The molecule has 186 valence electrons. The standard InChI is InChI=1S/C26H32N4O2S3/c1-5-17(3)19-7-11-21(12-8-19)27-23(31)15-33-25-29-30-26(35-25)34-16-24(32)28-22-13-9-20(10-14-22)18(4)6-2/h7-14,17-18H,5-6,15-16H2,1-4H3,(H,27,31)(H,28,32)/t17-,18-/m1/s1. The number of aromatic nitrogens is 2. The number of hydrogen-bond donors (Lipinski definition) is 2. The van der Waals surface area contributed by atoms with Crippen molar-refractivity contribution in [3.05, 3.63) is 59.7 Å². The number of carbonyl (C=O) groups excluding carboxylic acids is 2. The predicted octanol–water partition coefficient (Wildman–Crippen LogP) is 7.03. The van der Waals surface area contributed by atoms with Crippen molar-refractivity contribution in [3.63, 3.8) is 0 Å². The number of anilines is 2. The van der Waals surface area contributed by atoms with E-state index in [2.05, 4.69) is 72.8 Å². The molecule has 3 aromatic rings. The zero-order valence-electron chi connectivity index (χ0n) is 20.5. The van der Waals surface area contributed by atoms with Crippen LogP contribution in [-0.2, 0) is 9.59 Å². The van der Waals surface area contributed by atoms with Gasteiger partial charge in [-0.2, -0.15) is 0 Å². The van der Waals surface area contributed by atoms with Crippen LogP contribution in [0.1, 0.15) is 63.5 Å². The molecule has 2 amide bonds. The van der Waals surface area contributed by atoms with E-state index in [4.69, 9.17) is 0 Å². The Labute approximate surface area is 220 Å². The average molecular weight is 529 g/mol. The molecule has 9 heteroatoms. The van der Waals surface area contributed by atoms with Crippen LogP contribution >= 0.6 is 34.9 Å². The highest BCUT2D eigenvalue weighted by molar-refractivity contribution is 8.03. The first-order valence-electron chi connectivity index (χ1n) is 11.8. The second-order valence-corrected chi connectivity index (χ2v) is 11.8. The van der Waals surface area contributed by atoms with Gasteiger partial charge in [0.25, 0.3) is 0 Å². The molecule has 0 aliphatic carbocycles. The highest BCUT2D eigenvalue weighted by atomic mass is 32.2. The Morgan fingerprint density at radius 1 is 0.743 bits per heavy atom. The summed E-state index contributed by atoms with van der Waals surface area (Å²) >= 11 is 4.07. The van der Waals surface area contributed by atoms with Crippen molar-refractivity contribution in [3.8, 4) is 0 Å². The van der Waals surface area contributed by atoms with Gasteiger partial charge in [0.1, 0.15) is 0 Å². The Morgan fingerprint density at radius 3 is 1.46 bits per heavy atom. The van der Waals surface area contributed by atoms with Crippen LogP contribution in [0.15, 0.2) is 57.2 Å². The van der Waals surface area contributed by atoms with Gasteiger partial charge >= 0.3 is 0 Å². The average Bonchev–Trinajstić information content (AvgIpc) is 3.34. The summed E-state index contributed by atoms with van der Waals surface area (Å²) in [6.07, 6.45) is 2.17. The van der Waals surface area contributed by atoms with Crippen LogP contribution in [0.4, 0.5) is 11.4 Å². The van der Waals surface area contributed by atoms with E-state index >= 15 is 0 Å². The van der Waals surface area contributed by atoms with E-state index < -0.39 is 0 Å². The third-order valence-electron chi connectivity index (χ3n) is 5.79. The molecule has 0 unspecified atom stereocenters. The number of nitrogens with one attached hydrogen (secondary N) is 2. The Kier molecular flexibility index (Phi) is 10.6. The quantitative estimate of drug-likeness (QED) is 0.246. The lowest BCUT2D eigenvalue weighted by atomic mass is 9.99. The molecular formula is C26H32N4O2S3. The van der Waals surface area contributed by atoms with Gasteiger partial charge in [-0.05, 0) is 60.1 Å². The van der Waals surface area contributed by atoms with Gasteiger partial charge < -0.3 is 10.6 Å². The van der Waals surface area contributed by atoms with Crippen LogP contribution in [0.3, 0.4) is 0 Å².